The molecule has 2 heterocycles. The molecule has 1 unspecified atom stereocenters. The van der Waals surface area contributed by atoms with Crippen LogP contribution in [-0.2, 0) is 5.41 Å². The molecule has 1 aromatic carbocycles. The Balaban J connectivity index is 2.11. The minimum absolute atomic E-state index is 0.276. The highest BCUT2D eigenvalue weighted by atomic mass is 16.5. The average molecular weight is 232 g/mol. The highest BCUT2D eigenvalue weighted by Gasteiger charge is 2.51. The number of likely N-dealkylation sites (N-methyl/N-ethyl adjacent to an activating group) is 1. The minimum atomic E-state index is 0.276. The molecule has 0 aliphatic carbocycles. The monoisotopic (exact) mass is 232 g/mol. The summed E-state index contributed by atoms with van der Waals surface area (Å²) in [4.78, 5) is 2.43. The van der Waals surface area contributed by atoms with Crippen molar-refractivity contribution >= 4 is 5.69 Å². The maximum Gasteiger partial charge on any atom is 0.119 e. The lowest BCUT2D eigenvalue weighted by molar-refractivity contribution is 0.279. The minimum Gasteiger partial charge on any atom is -0.497 e. The fourth-order valence-electron chi connectivity index (χ4n) is 3.49. The van der Waals surface area contributed by atoms with Crippen molar-refractivity contribution in [3.63, 3.8) is 0 Å². The van der Waals surface area contributed by atoms with E-state index in [-0.39, 0.29) is 5.41 Å². The first kappa shape index (κ1) is 10.9. The second kappa shape index (κ2) is 3.64. The van der Waals surface area contributed by atoms with Gasteiger partial charge < -0.3 is 10.1 Å². The van der Waals surface area contributed by atoms with Crippen LogP contribution in [0.15, 0.2) is 18.2 Å². The van der Waals surface area contributed by atoms with Gasteiger partial charge in [-0.15, -0.1) is 0 Å². The summed E-state index contributed by atoms with van der Waals surface area (Å²) in [5, 5.41) is 3.66. The van der Waals surface area contributed by atoms with Crippen LogP contribution in [0.4, 0.5) is 5.69 Å². The summed E-state index contributed by atoms with van der Waals surface area (Å²) >= 11 is 0. The molecule has 2 atom stereocenters. The molecule has 1 N–H and O–H groups in total. The highest BCUT2D eigenvalue weighted by Crippen LogP contribution is 2.51. The summed E-state index contributed by atoms with van der Waals surface area (Å²) in [6.45, 7) is 3.46. The molecule has 0 radical (unpaired) electrons. The van der Waals surface area contributed by atoms with Crippen molar-refractivity contribution in [1.82, 2.24) is 4.90 Å². The van der Waals surface area contributed by atoms with E-state index in [0.717, 1.165) is 5.75 Å². The Morgan fingerprint density at radius 2 is 2.35 bits per heavy atom. The number of hydrogen-bond acceptors (Lipinski definition) is 3. The Hall–Kier alpha value is -1.22. The van der Waals surface area contributed by atoms with Crippen LogP contribution < -0.4 is 10.1 Å². The zero-order chi connectivity index (χ0) is 12.0. The number of methoxy groups -OCH3 is 1. The van der Waals surface area contributed by atoms with E-state index in [0.29, 0.717) is 6.17 Å². The molecule has 1 fully saturated rings. The van der Waals surface area contributed by atoms with E-state index in [9.17, 15) is 0 Å². The molecule has 2 aliphatic rings. The fraction of sp³-hybridized carbons (Fsp3) is 0.571. The third kappa shape index (κ3) is 1.32. The van der Waals surface area contributed by atoms with Crippen LogP contribution in [0.5, 0.6) is 5.75 Å². The number of fused-ring (bicyclic) bond motifs is 3. The summed E-state index contributed by atoms with van der Waals surface area (Å²) in [7, 11) is 3.94. The molecule has 1 saturated heterocycles. The Morgan fingerprint density at radius 1 is 1.53 bits per heavy atom. The summed E-state index contributed by atoms with van der Waals surface area (Å²) in [5.41, 5.74) is 3.00. The van der Waals surface area contributed by atoms with Gasteiger partial charge in [0.1, 0.15) is 5.75 Å². The van der Waals surface area contributed by atoms with Crippen molar-refractivity contribution in [2.24, 2.45) is 0 Å². The lowest BCUT2D eigenvalue weighted by atomic mass is 9.77. The molecule has 0 saturated carbocycles. The number of likely N-dealkylation sites (tertiary alicyclic amines) is 1. The van der Waals surface area contributed by atoms with Gasteiger partial charge >= 0.3 is 0 Å². The molecule has 92 valence electrons. The van der Waals surface area contributed by atoms with E-state index >= 15 is 0 Å². The number of ether oxygens (including phenoxy) is 1. The number of nitrogens with one attached hydrogen (secondary N) is 1. The highest BCUT2D eigenvalue weighted by molar-refractivity contribution is 5.64. The molecule has 2 aliphatic heterocycles. The predicted molar refractivity (Wildman–Crippen MR) is 69.6 cm³/mol. The Kier molecular flexibility index (Phi) is 2.33. The van der Waals surface area contributed by atoms with Crippen molar-refractivity contribution in [1.29, 1.82) is 0 Å². The number of rotatable bonds is 2. The van der Waals surface area contributed by atoms with Gasteiger partial charge in [-0.2, -0.15) is 0 Å². The molecule has 0 amide bonds. The van der Waals surface area contributed by atoms with E-state index in [4.69, 9.17) is 4.74 Å². The summed E-state index contributed by atoms with van der Waals surface area (Å²) in [6, 6.07) is 6.40. The Labute approximate surface area is 103 Å². The first-order chi connectivity index (χ1) is 8.21. The van der Waals surface area contributed by atoms with Gasteiger partial charge in [0.05, 0.1) is 13.3 Å². The SMILES string of the molecule is CC[C@@]12CCN(C)C1Nc1ccc(OC)cc12. The van der Waals surface area contributed by atoms with Crippen molar-refractivity contribution in [3.05, 3.63) is 23.8 Å². The van der Waals surface area contributed by atoms with Gasteiger partial charge in [0.25, 0.3) is 0 Å². The molecule has 0 spiro atoms. The zero-order valence-electron chi connectivity index (χ0n) is 10.8. The van der Waals surface area contributed by atoms with Gasteiger partial charge in [-0.05, 0) is 43.7 Å². The zero-order valence-corrected chi connectivity index (χ0v) is 10.8. The van der Waals surface area contributed by atoms with E-state index in [2.05, 4.69) is 36.3 Å². The van der Waals surface area contributed by atoms with E-state index in [1.165, 1.54) is 30.6 Å². The van der Waals surface area contributed by atoms with E-state index in [1.807, 2.05) is 6.07 Å². The lowest BCUT2D eigenvalue weighted by Crippen LogP contribution is -2.41. The first-order valence-electron chi connectivity index (χ1n) is 6.36. The summed E-state index contributed by atoms with van der Waals surface area (Å²) < 4.78 is 5.36. The number of nitrogens with zero attached hydrogens (tertiary/aromatic N) is 1. The molecule has 3 rings (SSSR count). The third-order valence-electron chi connectivity index (χ3n) is 4.56. The molecule has 0 aromatic heterocycles. The normalized spacial score (nSPS) is 30.9. The lowest BCUT2D eigenvalue weighted by Gasteiger charge is -2.30. The van der Waals surface area contributed by atoms with Gasteiger partial charge in [-0.3, -0.25) is 4.90 Å². The van der Waals surface area contributed by atoms with Crippen LogP contribution in [-0.4, -0.2) is 31.8 Å². The van der Waals surface area contributed by atoms with Crippen molar-refractivity contribution in [2.75, 3.05) is 26.0 Å². The van der Waals surface area contributed by atoms with Crippen LogP contribution in [0.1, 0.15) is 25.3 Å². The molecule has 3 nitrogen and oxygen atoms in total. The number of benzene rings is 1. The van der Waals surface area contributed by atoms with Crippen molar-refractivity contribution < 1.29 is 4.74 Å². The van der Waals surface area contributed by atoms with Gasteiger partial charge in [0.15, 0.2) is 0 Å². The number of anilines is 1. The molecular weight excluding hydrogens is 212 g/mol. The van der Waals surface area contributed by atoms with Crippen LogP contribution in [0.25, 0.3) is 0 Å². The van der Waals surface area contributed by atoms with Gasteiger partial charge in [-0.1, -0.05) is 6.92 Å². The topological polar surface area (TPSA) is 24.5 Å². The Bertz CT molecular complexity index is 446. The Morgan fingerprint density at radius 3 is 3.06 bits per heavy atom. The number of hydrogen-bond donors (Lipinski definition) is 1. The molecule has 1 aromatic rings. The first-order valence-corrected chi connectivity index (χ1v) is 6.36. The van der Waals surface area contributed by atoms with Gasteiger partial charge in [-0.25, -0.2) is 0 Å². The fourth-order valence-corrected chi connectivity index (χ4v) is 3.49. The van der Waals surface area contributed by atoms with E-state index < -0.39 is 0 Å². The average Bonchev–Trinajstić information content (AvgIpc) is 2.85. The second-order valence-electron chi connectivity index (χ2n) is 5.20. The van der Waals surface area contributed by atoms with Crippen LogP contribution >= 0.6 is 0 Å². The molecule has 0 bridgehead atoms. The van der Waals surface area contributed by atoms with Crippen molar-refractivity contribution in [2.45, 2.75) is 31.3 Å². The molecular formula is C14H20N2O. The standard InChI is InChI=1S/C14H20N2O/c1-4-14-7-8-16(2)13(14)15-12-6-5-10(17-3)9-11(12)14/h5-6,9,13,15H,4,7-8H2,1-3H3/t13?,14-/m0/s1. The third-order valence-corrected chi connectivity index (χ3v) is 4.56. The maximum absolute atomic E-state index is 5.36. The predicted octanol–water partition coefficient (Wildman–Crippen LogP) is 2.43. The summed E-state index contributed by atoms with van der Waals surface area (Å²) in [6.07, 6.45) is 2.86. The quantitative estimate of drug-likeness (QED) is 0.847. The second-order valence-corrected chi connectivity index (χ2v) is 5.20. The summed E-state index contributed by atoms with van der Waals surface area (Å²) in [5.74, 6) is 0.966. The molecule has 17 heavy (non-hydrogen) atoms. The van der Waals surface area contributed by atoms with Crippen LogP contribution in [0, 0.1) is 0 Å². The molecule has 3 heteroatoms. The van der Waals surface area contributed by atoms with Crippen LogP contribution in [0.2, 0.25) is 0 Å². The van der Waals surface area contributed by atoms with E-state index in [1.54, 1.807) is 7.11 Å². The van der Waals surface area contributed by atoms with Gasteiger partial charge in [0.2, 0.25) is 0 Å². The van der Waals surface area contributed by atoms with Gasteiger partial charge in [0, 0.05) is 17.6 Å². The largest absolute Gasteiger partial charge is 0.497 e. The van der Waals surface area contributed by atoms with Crippen LogP contribution in [0.3, 0.4) is 0 Å². The smallest absolute Gasteiger partial charge is 0.119 e. The van der Waals surface area contributed by atoms with Crippen molar-refractivity contribution in [3.8, 4) is 5.75 Å². The maximum atomic E-state index is 5.36.